The van der Waals surface area contributed by atoms with Crippen molar-refractivity contribution in [2.24, 2.45) is 0 Å². The molecule has 1 N–H and O–H groups in total. The molecule has 0 aliphatic heterocycles. The molecule has 2 rings (SSSR count). The van der Waals surface area contributed by atoms with Gasteiger partial charge in [-0.25, -0.2) is 4.98 Å². The Balaban J connectivity index is 2.21. The van der Waals surface area contributed by atoms with Crippen molar-refractivity contribution in [3.05, 3.63) is 17.8 Å². The Kier molecular flexibility index (Phi) is 2.74. The van der Waals surface area contributed by atoms with Gasteiger partial charge in [0, 0.05) is 5.92 Å². The molecule has 1 aromatic rings. The lowest BCUT2D eigenvalue weighted by atomic mass is 9.91. The minimum Gasteiger partial charge on any atom is -0.481 e. The summed E-state index contributed by atoms with van der Waals surface area (Å²) in [4.78, 5) is 15.3. The largest absolute Gasteiger partial charge is 0.481 e. The van der Waals surface area contributed by atoms with E-state index in [1.807, 2.05) is 0 Å². The Bertz CT molecular complexity index is 389. The highest BCUT2D eigenvalue weighted by Crippen LogP contribution is 2.35. The molecule has 1 aliphatic rings. The summed E-state index contributed by atoms with van der Waals surface area (Å²) in [7, 11) is 0. The van der Waals surface area contributed by atoms with Gasteiger partial charge >= 0.3 is 5.97 Å². The first-order chi connectivity index (χ1) is 7.51. The van der Waals surface area contributed by atoms with Crippen LogP contribution in [0.25, 0.3) is 0 Å². The number of nitrogens with zero attached hydrogens (tertiary/aromatic N) is 1. The molecule has 1 heterocycles. The van der Waals surface area contributed by atoms with E-state index in [1.54, 1.807) is 20.0 Å². The molecule has 0 aromatic carbocycles. The molecule has 0 atom stereocenters. The van der Waals surface area contributed by atoms with Crippen molar-refractivity contribution < 1.29 is 14.3 Å². The molecule has 16 heavy (non-hydrogen) atoms. The number of carboxylic acids is 1. The Morgan fingerprint density at radius 3 is 2.69 bits per heavy atom. The number of rotatable bonds is 3. The summed E-state index contributed by atoms with van der Waals surface area (Å²) in [5.74, 6) is 0.656. The van der Waals surface area contributed by atoms with Crippen LogP contribution >= 0.6 is 0 Å². The average molecular weight is 223 g/mol. The third-order valence-electron chi connectivity index (χ3n) is 3.38. The monoisotopic (exact) mass is 223 g/mol. The molecule has 0 bridgehead atoms. The van der Waals surface area contributed by atoms with E-state index in [0.717, 1.165) is 12.8 Å². The molecule has 1 saturated carbocycles. The van der Waals surface area contributed by atoms with E-state index in [1.165, 1.54) is 12.8 Å². The van der Waals surface area contributed by atoms with Gasteiger partial charge in [-0.3, -0.25) is 4.79 Å². The van der Waals surface area contributed by atoms with Crippen LogP contribution in [0.15, 0.2) is 10.6 Å². The number of aliphatic carboxylic acids is 1. The van der Waals surface area contributed by atoms with Crippen molar-refractivity contribution >= 4 is 5.97 Å². The van der Waals surface area contributed by atoms with Crippen LogP contribution in [0, 0.1) is 0 Å². The smallest absolute Gasteiger partial charge is 0.316 e. The maximum Gasteiger partial charge on any atom is 0.316 e. The third-order valence-corrected chi connectivity index (χ3v) is 3.38. The fourth-order valence-corrected chi connectivity index (χ4v) is 2.04. The molecule has 0 radical (unpaired) electrons. The van der Waals surface area contributed by atoms with Gasteiger partial charge in [0.1, 0.15) is 11.2 Å². The second-order valence-electron chi connectivity index (χ2n) is 4.97. The molecule has 88 valence electrons. The lowest BCUT2D eigenvalue weighted by Crippen LogP contribution is -2.27. The van der Waals surface area contributed by atoms with Crippen molar-refractivity contribution in [2.45, 2.75) is 50.9 Å². The second kappa shape index (κ2) is 3.92. The Morgan fingerprint density at radius 1 is 1.50 bits per heavy atom. The quantitative estimate of drug-likeness (QED) is 0.855. The average Bonchev–Trinajstić information content (AvgIpc) is 2.88. The molecule has 0 spiro atoms. The molecule has 0 amide bonds. The van der Waals surface area contributed by atoms with Gasteiger partial charge in [0.15, 0.2) is 5.89 Å². The predicted octanol–water partition coefficient (Wildman–Crippen LogP) is 2.69. The van der Waals surface area contributed by atoms with Crippen LogP contribution in [-0.4, -0.2) is 16.1 Å². The first kappa shape index (κ1) is 11.2. The molecule has 0 saturated heterocycles. The summed E-state index contributed by atoms with van der Waals surface area (Å²) >= 11 is 0. The number of carboxylic acid groups (broad SMARTS) is 1. The highest BCUT2D eigenvalue weighted by atomic mass is 16.4. The minimum atomic E-state index is -0.996. The Morgan fingerprint density at radius 2 is 2.12 bits per heavy atom. The lowest BCUT2D eigenvalue weighted by molar-refractivity contribution is -0.143. The van der Waals surface area contributed by atoms with E-state index in [0.29, 0.717) is 17.6 Å². The summed E-state index contributed by atoms with van der Waals surface area (Å²) in [6.07, 6.45) is 6.19. The number of hydrogen-bond acceptors (Lipinski definition) is 3. The molecular weight excluding hydrogens is 206 g/mol. The van der Waals surface area contributed by atoms with Crippen LogP contribution < -0.4 is 0 Å². The summed E-state index contributed by atoms with van der Waals surface area (Å²) in [5, 5.41) is 9.08. The van der Waals surface area contributed by atoms with E-state index in [4.69, 9.17) is 9.52 Å². The first-order valence-electron chi connectivity index (χ1n) is 5.71. The van der Waals surface area contributed by atoms with Crippen LogP contribution in [0.4, 0.5) is 0 Å². The van der Waals surface area contributed by atoms with Crippen molar-refractivity contribution in [1.82, 2.24) is 4.98 Å². The first-order valence-corrected chi connectivity index (χ1v) is 5.71. The zero-order valence-corrected chi connectivity index (χ0v) is 9.69. The number of aromatic nitrogens is 1. The molecule has 4 nitrogen and oxygen atoms in total. The van der Waals surface area contributed by atoms with Gasteiger partial charge in [-0.15, -0.1) is 0 Å². The molecule has 1 fully saturated rings. The minimum absolute atomic E-state index is 0.387. The fourth-order valence-electron chi connectivity index (χ4n) is 2.04. The molecule has 1 aromatic heterocycles. The van der Waals surface area contributed by atoms with Crippen molar-refractivity contribution in [2.75, 3.05) is 0 Å². The number of oxazole rings is 1. The predicted molar refractivity (Wildman–Crippen MR) is 58.4 cm³/mol. The maximum absolute atomic E-state index is 11.1. The molecule has 0 unspecified atom stereocenters. The van der Waals surface area contributed by atoms with Gasteiger partial charge < -0.3 is 9.52 Å². The zero-order chi connectivity index (χ0) is 11.8. The summed E-state index contributed by atoms with van der Waals surface area (Å²) < 4.78 is 5.60. The zero-order valence-electron chi connectivity index (χ0n) is 9.69. The lowest BCUT2D eigenvalue weighted by Gasteiger charge is -2.15. The topological polar surface area (TPSA) is 63.3 Å². The molecule has 1 aliphatic carbocycles. The summed E-state index contributed by atoms with van der Waals surface area (Å²) in [5.41, 5.74) is -0.996. The van der Waals surface area contributed by atoms with Crippen LogP contribution in [0.2, 0.25) is 0 Å². The van der Waals surface area contributed by atoms with E-state index in [2.05, 4.69) is 4.98 Å². The van der Waals surface area contributed by atoms with Gasteiger partial charge in [-0.2, -0.15) is 0 Å². The third kappa shape index (κ3) is 1.84. The van der Waals surface area contributed by atoms with Crippen molar-refractivity contribution in [1.29, 1.82) is 0 Å². The molecule has 4 heteroatoms. The van der Waals surface area contributed by atoms with Gasteiger partial charge in [-0.1, -0.05) is 12.8 Å². The van der Waals surface area contributed by atoms with E-state index >= 15 is 0 Å². The van der Waals surface area contributed by atoms with E-state index in [9.17, 15) is 4.79 Å². The second-order valence-corrected chi connectivity index (χ2v) is 4.97. The van der Waals surface area contributed by atoms with E-state index in [-0.39, 0.29) is 0 Å². The normalized spacial score (nSPS) is 17.9. The van der Waals surface area contributed by atoms with Gasteiger partial charge in [-0.05, 0) is 26.7 Å². The standard InChI is InChI=1S/C12H17NO3/c1-12(2,11(14)15)9-7-13-10(16-9)8-5-3-4-6-8/h7-8H,3-6H2,1-2H3,(H,14,15). The number of carbonyl (C=O) groups is 1. The van der Waals surface area contributed by atoms with Crippen LogP contribution in [-0.2, 0) is 10.2 Å². The van der Waals surface area contributed by atoms with Crippen LogP contribution in [0.5, 0.6) is 0 Å². The van der Waals surface area contributed by atoms with E-state index < -0.39 is 11.4 Å². The van der Waals surface area contributed by atoms with Gasteiger partial charge in [0.05, 0.1) is 6.20 Å². The Hall–Kier alpha value is -1.32. The van der Waals surface area contributed by atoms with Gasteiger partial charge in [0.25, 0.3) is 0 Å². The maximum atomic E-state index is 11.1. The van der Waals surface area contributed by atoms with Crippen molar-refractivity contribution in [3.63, 3.8) is 0 Å². The molecular formula is C12H17NO3. The number of hydrogen-bond donors (Lipinski definition) is 1. The van der Waals surface area contributed by atoms with Crippen LogP contribution in [0.1, 0.15) is 57.1 Å². The van der Waals surface area contributed by atoms with Crippen LogP contribution in [0.3, 0.4) is 0 Å². The highest BCUT2D eigenvalue weighted by molar-refractivity contribution is 5.79. The SMILES string of the molecule is CC(C)(C(=O)O)c1cnc(C2CCCC2)o1. The Labute approximate surface area is 94.7 Å². The summed E-state index contributed by atoms with van der Waals surface area (Å²) in [6.45, 7) is 3.27. The van der Waals surface area contributed by atoms with Gasteiger partial charge in [0.2, 0.25) is 0 Å². The highest BCUT2D eigenvalue weighted by Gasteiger charge is 2.34. The summed E-state index contributed by atoms with van der Waals surface area (Å²) in [6, 6.07) is 0. The fraction of sp³-hybridized carbons (Fsp3) is 0.667. The van der Waals surface area contributed by atoms with Crippen molar-refractivity contribution in [3.8, 4) is 0 Å².